The van der Waals surface area contributed by atoms with Crippen LogP contribution in [0.2, 0.25) is 0 Å². The van der Waals surface area contributed by atoms with Crippen LogP contribution in [0, 0.1) is 0 Å². The van der Waals surface area contributed by atoms with Gasteiger partial charge in [0.1, 0.15) is 23.0 Å². The monoisotopic (exact) mass is 896 g/mol. The van der Waals surface area contributed by atoms with Crippen LogP contribution >= 0.6 is 0 Å². The Morgan fingerprint density at radius 3 is 0.712 bits per heavy atom. The number of unbranched alkanes of at least 4 members (excludes halogenated alkanes) is 4. The lowest BCUT2D eigenvalue weighted by atomic mass is 9.85. The van der Waals surface area contributed by atoms with Gasteiger partial charge in [0.2, 0.25) is 23.6 Å². The molecule has 0 unspecified atom stereocenters. The minimum atomic E-state index is -0.188. The van der Waals surface area contributed by atoms with Crippen molar-refractivity contribution in [2.45, 2.75) is 51.4 Å². The van der Waals surface area contributed by atoms with Crippen molar-refractivity contribution in [1.29, 1.82) is 0 Å². The molecular weight excluding hydrogens is 833 g/mol. The molecule has 4 aromatic rings. The van der Waals surface area contributed by atoms with Gasteiger partial charge < -0.3 is 40.2 Å². The Kier molecular flexibility index (Phi) is 23.3. The fraction of sp³-hybridized carbons (Fsp3) is 0.296. The fourth-order valence-electron chi connectivity index (χ4n) is 6.59. The molecule has 0 aliphatic rings. The van der Waals surface area contributed by atoms with Gasteiger partial charge in [-0.05, 0) is 158 Å². The van der Waals surface area contributed by atoms with Crippen molar-refractivity contribution < 1.29 is 38.1 Å². The van der Waals surface area contributed by atoms with Crippen molar-refractivity contribution in [2.75, 3.05) is 52.6 Å². The van der Waals surface area contributed by atoms with E-state index in [4.69, 9.17) is 18.9 Å². The topological polar surface area (TPSA) is 153 Å². The number of nitrogens with one attached hydrogen (secondary N) is 4. The molecule has 0 aliphatic carbocycles. The summed E-state index contributed by atoms with van der Waals surface area (Å²) in [5, 5.41) is 11.2. The highest BCUT2D eigenvalue weighted by Gasteiger charge is 2.18. The third-order valence-corrected chi connectivity index (χ3v) is 10.1. The number of hydrogen-bond acceptors (Lipinski definition) is 8. The largest absolute Gasteiger partial charge is 0.494 e. The van der Waals surface area contributed by atoms with E-state index >= 15 is 0 Å². The molecule has 0 spiro atoms. The van der Waals surface area contributed by atoms with E-state index in [1.165, 1.54) is 24.3 Å². The predicted octanol–water partition coefficient (Wildman–Crippen LogP) is 8.54. The van der Waals surface area contributed by atoms with Crippen LogP contribution in [-0.2, 0) is 19.2 Å². The number of ether oxygens (including phenoxy) is 4. The van der Waals surface area contributed by atoms with Crippen LogP contribution in [0.3, 0.4) is 0 Å². The summed E-state index contributed by atoms with van der Waals surface area (Å²) in [6.07, 6.45) is 11.3. The normalized spacial score (nSPS) is 10.4. The summed E-state index contributed by atoms with van der Waals surface area (Å²) in [4.78, 5) is 46.0. The highest BCUT2D eigenvalue weighted by atomic mass is 16.5. The quantitative estimate of drug-likeness (QED) is 0.0216. The smallest absolute Gasteiger partial charge is 0.243 e. The molecule has 12 heteroatoms. The van der Waals surface area contributed by atoms with E-state index in [-0.39, 0.29) is 23.6 Å². The number of amides is 4. The molecule has 12 nitrogen and oxygen atoms in total. The van der Waals surface area contributed by atoms with Gasteiger partial charge in [-0.2, -0.15) is 0 Å². The maximum Gasteiger partial charge on any atom is 0.243 e. The summed E-state index contributed by atoms with van der Waals surface area (Å²) in [6.45, 7) is 18.2. The van der Waals surface area contributed by atoms with Gasteiger partial charge in [0.15, 0.2) is 0 Å². The van der Waals surface area contributed by atoms with Gasteiger partial charge >= 0.3 is 0 Å². The highest BCUT2D eigenvalue weighted by molar-refractivity contribution is 6.04. The van der Waals surface area contributed by atoms with Gasteiger partial charge in [0, 0.05) is 26.2 Å². The number of benzene rings is 4. The second-order valence-corrected chi connectivity index (χ2v) is 15.1. The van der Waals surface area contributed by atoms with E-state index < -0.39 is 0 Å². The number of rotatable bonds is 32. The molecule has 0 heterocycles. The first-order valence-electron chi connectivity index (χ1n) is 22.5. The van der Waals surface area contributed by atoms with Crippen LogP contribution < -0.4 is 40.2 Å². The Labute approximate surface area is 389 Å². The molecule has 348 valence electrons. The summed E-state index contributed by atoms with van der Waals surface area (Å²) in [6, 6.07) is 32.3. The summed E-state index contributed by atoms with van der Waals surface area (Å²) in [5.74, 6) is 2.18. The molecule has 0 radical (unpaired) electrons. The Balaban J connectivity index is 1.65. The minimum absolute atomic E-state index is 0.188. The van der Waals surface area contributed by atoms with E-state index in [0.29, 0.717) is 52.6 Å². The summed E-state index contributed by atoms with van der Waals surface area (Å²) in [5.41, 5.74) is 5.82. The molecule has 4 N–H and O–H groups in total. The second-order valence-electron chi connectivity index (χ2n) is 15.1. The van der Waals surface area contributed by atoms with Crippen LogP contribution in [0.4, 0.5) is 0 Å². The molecule has 0 aromatic heterocycles. The van der Waals surface area contributed by atoms with Crippen molar-refractivity contribution in [3.8, 4) is 23.0 Å². The molecule has 4 amide bonds. The molecule has 4 aromatic carbocycles. The first kappa shape index (κ1) is 51.3. The van der Waals surface area contributed by atoms with E-state index in [9.17, 15) is 19.2 Å². The Hall–Kier alpha value is -7.34. The number of hydrogen-bond donors (Lipinski definition) is 4. The maximum absolute atomic E-state index is 11.5. The Morgan fingerprint density at radius 2 is 0.530 bits per heavy atom. The molecule has 4 rings (SSSR count). The van der Waals surface area contributed by atoms with Crippen molar-refractivity contribution >= 4 is 34.8 Å². The maximum atomic E-state index is 11.5. The zero-order chi connectivity index (χ0) is 47.2. The third-order valence-electron chi connectivity index (χ3n) is 10.1. The third kappa shape index (κ3) is 18.8. The first-order valence-corrected chi connectivity index (χ1v) is 22.5. The lowest BCUT2D eigenvalue weighted by Crippen LogP contribution is -2.22. The summed E-state index contributed by atoms with van der Waals surface area (Å²) >= 11 is 0. The molecule has 0 saturated heterocycles. The Morgan fingerprint density at radius 1 is 0.333 bits per heavy atom. The van der Waals surface area contributed by atoms with Crippen molar-refractivity contribution in [3.05, 3.63) is 170 Å². The van der Waals surface area contributed by atoms with E-state index in [1.54, 1.807) is 0 Å². The van der Waals surface area contributed by atoms with Crippen LogP contribution in [0.15, 0.2) is 148 Å². The molecule has 0 aliphatic heterocycles. The van der Waals surface area contributed by atoms with Crippen molar-refractivity contribution in [2.24, 2.45) is 0 Å². The second kappa shape index (κ2) is 29.9. The van der Waals surface area contributed by atoms with Crippen LogP contribution in [0.5, 0.6) is 23.0 Å². The van der Waals surface area contributed by atoms with Crippen LogP contribution in [0.25, 0.3) is 11.1 Å². The van der Waals surface area contributed by atoms with Crippen molar-refractivity contribution in [1.82, 2.24) is 21.3 Å². The predicted molar refractivity (Wildman–Crippen MR) is 263 cm³/mol. The van der Waals surface area contributed by atoms with Crippen LogP contribution in [-0.4, -0.2) is 76.2 Å². The average molecular weight is 897 g/mol. The Bertz CT molecular complexity index is 1890. The van der Waals surface area contributed by atoms with Gasteiger partial charge in [-0.15, -0.1) is 0 Å². The summed E-state index contributed by atoms with van der Waals surface area (Å²) in [7, 11) is 0. The lowest BCUT2D eigenvalue weighted by Gasteiger charge is -2.19. The van der Waals surface area contributed by atoms with Crippen LogP contribution in [0.1, 0.15) is 73.6 Å². The van der Waals surface area contributed by atoms with Crippen molar-refractivity contribution in [3.63, 3.8) is 0 Å². The van der Waals surface area contributed by atoms with Gasteiger partial charge in [-0.3, -0.25) is 19.2 Å². The van der Waals surface area contributed by atoms with E-state index in [0.717, 1.165) is 108 Å². The SMILES string of the molecule is C=CC(=O)NCCCCOc1ccc(C(=C(c2ccc(OCCCCNC(=O)C=C)cc2)c2ccc(OCCCCNC(=O)C=C)cc2)c2ccc(OCCCCNC(=O)C=C)cc2)cc1. The molecular formula is C54H64N4O8. The van der Waals surface area contributed by atoms with Gasteiger partial charge in [0.05, 0.1) is 26.4 Å². The molecule has 0 bridgehead atoms. The van der Waals surface area contributed by atoms with E-state index in [1.807, 2.05) is 48.5 Å². The average Bonchev–Trinajstić information content (AvgIpc) is 3.35. The molecule has 0 fully saturated rings. The molecule has 0 atom stereocenters. The fourth-order valence-corrected chi connectivity index (χ4v) is 6.59. The minimum Gasteiger partial charge on any atom is -0.494 e. The number of carbonyl (C=O) groups is 4. The zero-order valence-electron chi connectivity index (χ0n) is 38.0. The van der Waals surface area contributed by atoms with E-state index in [2.05, 4.69) is 96.1 Å². The van der Waals surface area contributed by atoms with Gasteiger partial charge in [-0.1, -0.05) is 74.8 Å². The van der Waals surface area contributed by atoms with Gasteiger partial charge in [-0.25, -0.2) is 0 Å². The lowest BCUT2D eigenvalue weighted by molar-refractivity contribution is -0.117. The molecule has 66 heavy (non-hydrogen) atoms. The highest BCUT2D eigenvalue weighted by Crippen LogP contribution is 2.39. The van der Waals surface area contributed by atoms with Gasteiger partial charge in [0.25, 0.3) is 0 Å². The first-order chi connectivity index (χ1) is 32.2. The zero-order valence-corrected chi connectivity index (χ0v) is 38.0. The number of carbonyl (C=O) groups excluding carboxylic acids is 4. The standard InChI is InChI=1S/C54H64N4O8/c1-5-49(59)55-33-9-13-37-63-45-25-17-41(18-26-45)53(42-19-27-46(28-20-42)64-38-14-10-34-56-50(60)6-2)54(43-21-29-47(30-22-43)65-39-15-11-35-57-51(61)7-3)44-23-31-48(32-24-44)66-40-16-12-36-58-52(62)8-4/h5-8,17-32H,1-4,9-16,33-40H2,(H,55,59)(H,56,60)(H,57,61)(H,58,62). The molecule has 0 saturated carbocycles. The summed E-state index contributed by atoms with van der Waals surface area (Å²) < 4.78 is 24.4.